The van der Waals surface area contributed by atoms with Gasteiger partial charge in [0.1, 0.15) is 0 Å². The number of carbonyl (C=O) groups is 3. The minimum absolute atomic E-state index is 0.0155. The zero-order valence-electron chi connectivity index (χ0n) is 18.6. The van der Waals surface area contributed by atoms with Crippen molar-refractivity contribution in [3.05, 3.63) is 53.6 Å². The lowest BCUT2D eigenvalue weighted by molar-refractivity contribution is -0.129. The predicted molar refractivity (Wildman–Crippen MR) is 121 cm³/mol. The van der Waals surface area contributed by atoms with Gasteiger partial charge in [-0.15, -0.1) is 0 Å². The van der Waals surface area contributed by atoms with Crippen LogP contribution in [0.15, 0.2) is 42.5 Å². The quantitative estimate of drug-likeness (QED) is 0.625. The highest BCUT2D eigenvalue weighted by Crippen LogP contribution is 2.28. The Balaban J connectivity index is 1.50. The van der Waals surface area contributed by atoms with Gasteiger partial charge in [0.2, 0.25) is 17.7 Å². The number of nitrogens with zero attached hydrogens (tertiary/aromatic N) is 1. The third-order valence-electron chi connectivity index (χ3n) is 5.42. The molecule has 0 aliphatic carbocycles. The third-order valence-corrected chi connectivity index (χ3v) is 5.42. The molecule has 3 amide bonds. The first-order valence-electron chi connectivity index (χ1n) is 10.5. The number of nitrogens with one attached hydrogen (secondary N) is 2. The molecular weight excluding hydrogens is 410 g/mol. The number of likely N-dealkylation sites (tertiary alicyclic amines) is 1. The van der Waals surface area contributed by atoms with Crippen LogP contribution in [0, 0.1) is 5.92 Å². The molecule has 1 atom stereocenters. The van der Waals surface area contributed by atoms with Crippen molar-refractivity contribution < 1.29 is 23.9 Å². The zero-order chi connectivity index (χ0) is 23.1. The summed E-state index contributed by atoms with van der Waals surface area (Å²) in [6, 6.07) is 13.0. The third kappa shape index (κ3) is 6.00. The molecule has 1 fully saturated rings. The molecule has 3 rings (SSSR count). The van der Waals surface area contributed by atoms with Gasteiger partial charge in [-0.3, -0.25) is 14.4 Å². The average Bonchev–Trinajstić information content (AvgIpc) is 3.16. The highest BCUT2D eigenvalue weighted by Gasteiger charge is 2.33. The van der Waals surface area contributed by atoms with E-state index in [1.807, 2.05) is 36.4 Å². The highest BCUT2D eigenvalue weighted by atomic mass is 16.5. The van der Waals surface area contributed by atoms with E-state index in [1.54, 1.807) is 25.2 Å². The van der Waals surface area contributed by atoms with E-state index in [9.17, 15) is 14.4 Å². The maximum absolute atomic E-state index is 12.6. The van der Waals surface area contributed by atoms with Crippen molar-refractivity contribution in [1.29, 1.82) is 0 Å². The molecule has 8 heteroatoms. The Morgan fingerprint density at radius 1 is 1.06 bits per heavy atom. The van der Waals surface area contributed by atoms with E-state index >= 15 is 0 Å². The van der Waals surface area contributed by atoms with Crippen LogP contribution in [0.4, 0.5) is 5.69 Å². The van der Waals surface area contributed by atoms with Crippen molar-refractivity contribution >= 4 is 23.4 Å². The monoisotopic (exact) mass is 439 g/mol. The Morgan fingerprint density at radius 3 is 2.56 bits per heavy atom. The van der Waals surface area contributed by atoms with Crippen LogP contribution in [0.5, 0.6) is 11.5 Å². The number of hydrogen-bond donors (Lipinski definition) is 2. The summed E-state index contributed by atoms with van der Waals surface area (Å²) in [4.78, 5) is 38.0. The zero-order valence-corrected chi connectivity index (χ0v) is 18.6. The fourth-order valence-electron chi connectivity index (χ4n) is 3.76. The molecular formula is C24H29N3O5. The minimum Gasteiger partial charge on any atom is -0.493 e. The summed E-state index contributed by atoms with van der Waals surface area (Å²) >= 11 is 0. The standard InChI is InChI=1S/C24H29N3O5/c1-16(28)26-20-6-4-5-18(11-20)14-25-24(30)19-13-23(29)27(15-19)10-9-17-7-8-21(31-2)22(12-17)32-3/h4-8,11-12,19H,9-10,13-15H2,1-3H3,(H,25,30)(H,26,28). The second kappa shape index (κ2) is 10.7. The molecule has 0 bridgehead atoms. The summed E-state index contributed by atoms with van der Waals surface area (Å²) < 4.78 is 10.6. The molecule has 170 valence electrons. The van der Waals surface area contributed by atoms with E-state index in [1.165, 1.54) is 6.92 Å². The van der Waals surface area contributed by atoms with Gasteiger partial charge in [0.05, 0.1) is 20.1 Å². The van der Waals surface area contributed by atoms with Crippen LogP contribution in [0.1, 0.15) is 24.5 Å². The summed E-state index contributed by atoms with van der Waals surface area (Å²) in [5, 5.41) is 5.63. The second-order valence-electron chi connectivity index (χ2n) is 7.78. The Hall–Kier alpha value is -3.55. The molecule has 1 aliphatic heterocycles. The number of amides is 3. The molecule has 32 heavy (non-hydrogen) atoms. The molecule has 0 spiro atoms. The molecule has 1 saturated heterocycles. The smallest absolute Gasteiger partial charge is 0.225 e. The van der Waals surface area contributed by atoms with Gasteiger partial charge in [-0.25, -0.2) is 0 Å². The molecule has 1 unspecified atom stereocenters. The van der Waals surface area contributed by atoms with E-state index in [0.29, 0.717) is 43.2 Å². The normalized spacial score (nSPS) is 15.4. The van der Waals surface area contributed by atoms with Gasteiger partial charge in [-0.05, 0) is 41.8 Å². The second-order valence-corrected chi connectivity index (χ2v) is 7.78. The number of hydrogen-bond acceptors (Lipinski definition) is 5. The lowest BCUT2D eigenvalue weighted by Crippen LogP contribution is -2.33. The van der Waals surface area contributed by atoms with Gasteiger partial charge in [0.25, 0.3) is 0 Å². The fourth-order valence-corrected chi connectivity index (χ4v) is 3.76. The first kappa shape index (κ1) is 23.1. The van der Waals surface area contributed by atoms with Crippen molar-refractivity contribution in [3.63, 3.8) is 0 Å². The van der Waals surface area contributed by atoms with Crippen LogP contribution in [0.2, 0.25) is 0 Å². The van der Waals surface area contributed by atoms with Crippen LogP contribution in [-0.4, -0.2) is 49.9 Å². The van der Waals surface area contributed by atoms with Gasteiger partial charge in [-0.2, -0.15) is 0 Å². The number of ether oxygens (including phenoxy) is 2. The van der Waals surface area contributed by atoms with Crippen LogP contribution >= 0.6 is 0 Å². The first-order chi connectivity index (χ1) is 15.4. The van der Waals surface area contributed by atoms with Gasteiger partial charge in [0.15, 0.2) is 11.5 Å². The Morgan fingerprint density at radius 2 is 1.84 bits per heavy atom. The lowest BCUT2D eigenvalue weighted by Gasteiger charge is -2.17. The molecule has 8 nitrogen and oxygen atoms in total. The van der Waals surface area contributed by atoms with Crippen molar-refractivity contribution in [1.82, 2.24) is 10.2 Å². The lowest BCUT2D eigenvalue weighted by atomic mass is 10.1. The van der Waals surface area contributed by atoms with Crippen molar-refractivity contribution in [2.75, 3.05) is 32.6 Å². The molecule has 0 radical (unpaired) electrons. The van der Waals surface area contributed by atoms with Crippen LogP contribution in [0.25, 0.3) is 0 Å². The van der Waals surface area contributed by atoms with E-state index in [-0.39, 0.29) is 30.1 Å². The molecule has 2 N–H and O–H groups in total. The molecule has 2 aromatic carbocycles. The number of anilines is 1. The van der Waals surface area contributed by atoms with E-state index in [2.05, 4.69) is 10.6 Å². The number of benzene rings is 2. The summed E-state index contributed by atoms with van der Waals surface area (Å²) in [7, 11) is 3.18. The largest absolute Gasteiger partial charge is 0.493 e. The van der Waals surface area contributed by atoms with E-state index in [4.69, 9.17) is 9.47 Å². The fraction of sp³-hybridized carbons (Fsp3) is 0.375. The van der Waals surface area contributed by atoms with Crippen molar-refractivity contribution in [2.45, 2.75) is 26.3 Å². The van der Waals surface area contributed by atoms with E-state index < -0.39 is 0 Å². The van der Waals surface area contributed by atoms with E-state index in [0.717, 1.165) is 11.1 Å². The molecule has 1 heterocycles. The average molecular weight is 440 g/mol. The maximum atomic E-state index is 12.6. The minimum atomic E-state index is -0.369. The number of carbonyl (C=O) groups excluding carboxylic acids is 3. The van der Waals surface area contributed by atoms with Gasteiger partial charge in [-0.1, -0.05) is 18.2 Å². The highest BCUT2D eigenvalue weighted by molar-refractivity contribution is 5.89. The Bertz CT molecular complexity index is 991. The Labute approximate surface area is 187 Å². The molecule has 1 aliphatic rings. The topological polar surface area (TPSA) is 97.0 Å². The molecule has 2 aromatic rings. The molecule has 0 aromatic heterocycles. The molecule has 0 saturated carbocycles. The van der Waals surface area contributed by atoms with Crippen LogP contribution < -0.4 is 20.1 Å². The SMILES string of the molecule is COc1ccc(CCN2CC(C(=O)NCc3cccc(NC(C)=O)c3)CC2=O)cc1OC. The predicted octanol–water partition coefficient (Wildman–Crippen LogP) is 2.37. The van der Waals surface area contributed by atoms with Crippen LogP contribution in [0.3, 0.4) is 0 Å². The Kier molecular flexibility index (Phi) is 7.70. The number of methoxy groups -OCH3 is 2. The first-order valence-corrected chi connectivity index (χ1v) is 10.5. The number of rotatable bonds is 9. The van der Waals surface area contributed by atoms with Crippen molar-refractivity contribution in [3.8, 4) is 11.5 Å². The summed E-state index contributed by atoms with van der Waals surface area (Å²) in [5.74, 6) is 0.635. The van der Waals surface area contributed by atoms with Gasteiger partial charge >= 0.3 is 0 Å². The van der Waals surface area contributed by atoms with Gasteiger partial charge in [0, 0.05) is 38.7 Å². The maximum Gasteiger partial charge on any atom is 0.225 e. The van der Waals surface area contributed by atoms with Crippen LogP contribution in [-0.2, 0) is 27.3 Å². The van der Waals surface area contributed by atoms with Crippen molar-refractivity contribution in [2.24, 2.45) is 5.92 Å². The van der Waals surface area contributed by atoms with Gasteiger partial charge < -0.3 is 25.0 Å². The summed E-state index contributed by atoms with van der Waals surface area (Å²) in [5.41, 5.74) is 2.59. The summed E-state index contributed by atoms with van der Waals surface area (Å²) in [6.45, 7) is 2.73. The summed E-state index contributed by atoms with van der Waals surface area (Å²) in [6.07, 6.45) is 0.875.